The molecule has 0 bridgehead atoms. The number of rotatable bonds is 6. The molecule has 0 aliphatic carbocycles. The molecule has 0 aliphatic heterocycles. The summed E-state index contributed by atoms with van der Waals surface area (Å²) in [5.74, 6) is 0.439. The van der Waals surface area contributed by atoms with Crippen LogP contribution >= 0.6 is 0 Å². The van der Waals surface area contributed by atoms with Crippen LogP contribution in [-0.4, -0.2) is 30.3 Å². The Morgan fingerprint density at radius 2 is 2.17 bits per heavy atom. The van der Waals surface area contributed by atoms with Crippen molar-refractivity contribution in [2.45, 2.75) is 13.8 Å². The van der Waals surface area contributed by atoms with Crippen molar-refractivity contribution in [2.75, 3.05) is 25.6 Å². The molecular weight excluding hydrogens is 236 g/mol. The van der Waals surface area contributed by atoms with E-state index in [4.69, 9.17) is 9.84 Å². The summed E-state index contributed by atoms with van der Waals surface area (Å²) < 4.78 is 4.95. The van der Waals surface area contributed by atoms with Crippen molar-refractivity contribution in [1.82, 2.24) is 0 Å². The molecule has 0 amide bonds. The zero-order valence-corrected chi connectivity index (χ0v) is 10.8. The molecule has 6 nitrogen and oxygen atoms in total. The van der Waals surface area contributed by atoms with Gasteiger partial charge in [0, 0.05) is 18.6 Å². The molecule has 0 aliphatic rings. The molecule has 0 unspecified atom stereocenters. The van der Waals surface area contributed by atoms with E-state index < -0.39 is 4.92 Å². The van der Waals surface area contributed by atoms with Crippen molar-refractivity contribution in [1.29, 1.82) is 0 Å². The fourth-order valence-corrected chi connectivity index (χ4v) is 1.33. The molecule has 0 spiro atoms. The summed E-state index contributed by atoms with van der Waals surface area (Å²) in [7, 11) is 1.46. The number of aliphatic hydroxyl groups is 1. The van der Waals surface area contributed by atoms with Gasteiger partial charge in [0.2, 0.25) is 0 Å². The van der Waals surface area contributed by atoms with Crippen molar-refractivity contribution in [2.24, 2.45) is 5.41 Å². The van der Waals surface area contributed by atoms with E-state index in [-0.39, 0.29) is 17.7 Å². The number of nitro groups is 1. The van der Waals surface area contributed by atoms with Gasteiger partial charge in [0.25, 0.3) is 5.69 Å². The molecule has 0 atom stereocenters. The van der Waals surface area contributed by atoms with Crippen LogP contribution in [0.2, 0.25) is 0 Å². The van der Waals surface area contributed by atoms with Crippen molar-refractivity contribution < 1.29 is 14.8 Å². The van der Waals surface area contributed by atoms with Gasteiger partial charge < -0.3 is 15.2 Å². The van der Waals surface area contributed by atoms with Crippen LogP contribution in [0.3, 0.4) is 0 Å². The van der Waals surface area contributed by atoms with Crippen LogP contribution in [0, 0.1) is 15.5 Å². The van der Waals surface area contributed by atoms with Gasteiger partial charge >= 0.3 is 0 Å². The molecule has 1 aromatic rings. The van der Waals surface area contributed by atoms with Crippen molar-refractivity contribution in [3.05, 3.63) is 28.3 Å². The summed E-state index contributed by atoms with van der Waals surface area (Å²) in [6.45, 7) is 4.19. The molecule has 0 saturated heterocycles. The van der Waals surface area contributed by atoms with Gasteiger partial charge in [0.1, 0.15) is 11.4 Å². The van der Waals surface area contributed by atoms with E-state index in [1.165, 1.54) is 13.2 Å². The topological polar surface area (TPSA) is 84.6 Å². The number of nitrogens with one attached hydrogen (secondary N) is 1. The lowest BCUT2D eigenvalue weighted by Crippen LogP contribution is -2.27. The van der Waals surface area contributed by atoms with E-state index in [1.807, 2.05) is 13.8 Å². The number of hydrogen-bond acceptors (Lipinski definition) is 5. The first-order valence-corrected chi connectivity index (χ1v) is 5.57. The molecule has 0 saturated carbocycles. The third kappa shape index (κ3) is 3.59. The van der Waals surface area contributed by atoms with Gasteiger partial charge in [-0.2, -0.15) is 0 Å². The number of benzene rings is 1. The number of nitrogens with zero attached hydrogens (tertiary/aromatic N) is 1. The summed E-state index contributed by atoms with van der Waals surface area (Å²) in [5.41, 5.74) is 0.0405. The van der Waals surface area contributed by atoms with Crippen molar-refractivity contribution >= 4 is 11.4 Å². The number of methoxy groups -OCH3 is 1. The molecule has 1 aromatic carbocycles. The Morgan fingerprint density at radius 1 is 1.50 bits per heavy atom. The maximum Gasteiger partial charge on any atom is 0.296 e. The van der Waals surface area contributed by atoms with Crippen molar-refractivity contribution in [3.8, 4) is 5.75 Å². The maximum absolute atomic E-state index is 10.9. The fourth-order valence-electron chi connectivity index (χ4n) is 1.33. The smallest absolute Gasteiger partial charge is 0.296 e. The Kier molecular flexibility index (Phi) is 4.49. The highest BCUT2D eigenvalue weighted by Crippen LogP contribution is 2.29. The summed E-state index contributed by atoms with van der Waals surface area (Å²) in [5, 5.41) is 23.1. The van der Waals surface area contributed by atoms with E-state index in [2.05, 4.69) is 5.32 Å². The zero-order chi connectivity index (χ0) is 13.8. The molecule has 0 aromatic heterocycles. The molecule has 0 radical (unpaired) electrons. The van der Waals surface area contributed by atoms with Crippen LogP contribution in [-0.2, 0) is 0 Å². The third-order valence-corrected chi connectivity index (χ3v) is 2.59. The Bertz CT molecular complexity index is 432. The largest absolute Gasteiger partial charge is 0.496 e. The minimum absolute atomic E-state index is 0.00392. The van der Waals surface area contributed by atoms with Gasteiger partial charge in [-0.1, -0.05) is 13.8 Å². The molecule has 100 valence electrons. The van der Waals surface area contributed by atoms with Gasteiger partial charge in [-0.05, 0) is 12.1 Å². The van der Waals surface area contributed by atoms with Gasteiger partial charge in [-0.25, -0.2) is 0 Å². The van der Waals surface area contributed by atoms with Crippen LogP contribution in [0.5, 0.6) is 5.75 Å². The lowest BCUT2D eigenvalue weighted by Gasteiger charge is -2.22. The third-order valence-electron chi connectivity index (χ3n) is 2.59. The number of ether oxygens (including phenoxy) is 1. The van der Waals surface area contributed by atoms with Gasteiger partial charge in [0.05, 0.1) is 18.1 Å². The Hall–Kier alpha value is -1.82. The number of aliphatic hydroxyl groups excluding tert-OH is 1. The Morgan fingerprint density at radius 3 is 2.67 bits per heavy atom. The molecular formula is C12H18N2O4. The highest BCUT2D eigenvalue weighted by atomic mass is 16.6. The molecule has 18 heavy (non-hydrogen) atoms. The maximum atomic E-state index is 10.9. The van der Waals surface area contributed by atoms with E-state index >= 15 is 0 Å². The average molecular weight is 254 g/mol. The summed E-state index contributed by atoms with van der Waals surface area (Å²) in [4.78, 5) is 10.5. The second-order valence-corrected chi connectivity index (χ2v) is 4.82. The average Bonchev–Trinajstić information content (AvgIpc) is 2.36. The van der Waals surface area contributed by atoms with E-state index in [1.54, 1.807) is 12.1 Å². The van der Waals surface area contributed by atoms with E-state index in [0.29, 0.717) is 18.0 Å². The number of nitro benzene ring substituents is 1. The molecule has 1 rings (SSSR count). The molecule has 0 heterocycles. The first kappa shape index (κ1) is 14.2. The van der Waals surface area contributed by atoms with Gasteiger partial charge in [-0.15, -0.1) is 0 Å². The minimum atomic E-state index is -0.462. The predicted octanol–water partition coefficient (Wildman–Crippen LogP) is 2.03. The Balaban J connectivity index is 2.91. The van der Waals surface area contributed by atoms with Gasteiger partial charge in [-0.3, -0.25) is 10.1 Å². The number of anilines is 1. The second-order valence-electron chi connectivity index (χ2n) is 4.82. The zero-order valence-electron chi connectivity index (χ0n) is 10.8. The van der Waals surface area contributed by atoms with E-state index in [9.17, 15) is 10.1 Å². The molecule has 0 fully saturated rings. The van der Waals surface area contributed by atoms with Crippen molar-refractivity contribution in [3.63, 3.8) is 0 Å². The van der Waals surface area contributed by atoms with E-state index in [0.717, 1.165) is 0 Å². The second kappa shape index (κ2) is 5.68. The monoisotopic (exact) mass is 254 g/mol. The van der Waals surface area contributed by atoms with Crippen LogP contribution in [0.1, 0.15) is 13.8 Å². The summed E-state index contributed by atoms with van der Waals surface area (Å²) in [6.07, 6.45) is 0. The highest BCUT2D eigenvalue weighted by Gasteiger charge is 2.20. The molecule has 6 heteroatoms. The van der Waals surface area contributed by atoms with Crippen LogP contribution in [0.15, 0.2) is 18.2 Å². The highest BCUT2D eigenvalue weighted by molar-refractivity contribution is 5.63. The lowest BCUT2D eigenvalue weighted by molar-refractivity contribution is -0.384. The standard InChI is InChI=1S/C12H18N2O4/c1-12(2,8-15)7-13-10-5-4-9(18-3)6-11(10)14(16)17/h4-6,13,15H,7-8H2,1-3H3. The van der Waals surface area contributed by atoms with Crippen LogP contribution in [0.25, 0.3) is 0 Å². The summed E-state index contributed by atoms with van der Waals surface area (Å²) >= 11 is 0. The number of hydrogen-bond donors (Lipinski definition) is 2. The normalized spacial score (nSPS) is 11.1. The van der Waals surface area contributed by atoms with Gasteiger partial charge in [0.15, 0.2) is 0 Å². The SMILES string of the molecule is COc1ccc(NCC(C)(C)CO)c([N+](=O)[O-])c1. The minimum Gasteiger partial charge on any atom is -0.496 e. The van der Waals surface area contributed by atoms with Crippen LogP contribution in [0.4, 0.5) is 11.4 Å². The first-order valence-electron chi connectivity index (χ1n) is 5.57. The predicted molar refractivity (Wildman–Crippen MR) is 69.0 cm³/mol. The quantitative estimate of drug-likeness (QED) is 0.599. The Labute approximate surface area is 106 Å². The fraction of sp³-hybridized carbons (Fsp3) is 0.500. The van der Waals surface area contributed by atoms with Crippen LogP contribution < -0.4 is 10.1 Å². The first-order chi connectivity index (χ1) is 8.39. The summed E-state index contributed by atoms with van der Waals surface area (Å²) in [6, 6.07) is 4.62. The molecule has 2 N–H and O–H groups in total. The lowest BCUT2D eigenvalue weighted by atomic mass is 9.95.